The quantitative estimate of drug-likeness (QED) is 0.347. The molecule has 3 atom stereocenters. The molecular formula is C16H36O8. The van der Waals surface area contributed by atoms with Crippen LogP contribution in [0.2, 0.25) is 0 Å². The third kappa shape index (κ3) is 21.7. The van der Waals surface area contributed by atoms with Gasteiger partial charge in [0.2, 0.25) is 0 Å². The van der Waals surface area contributed by atoms with Crippen LogP contribution in [0.3, 0.4) is 0 Å². The zero-order valence-electron chi connectivity index (χ0n) is 15.5. The molecule has 0 saturated heterocycles. The van der Waals surface area contributed by atoms with Crippen LogP contribution >= 0.6 is 0 Å². The van der Waals surface area contributed by atoms with Gasteiger partial charge in [0.05, 0.1) is 77.8 Å². The Hall–Kier alpha value is -0.320. The van der Waals surface area contributed by atoms with E-state index in [0.29, 0.717) is 39.6 Å². The molecule has 24 heavy (non-hydrogen) atoms. The van der Waals surface area contributed by atoms with Crippen LogP contribution in [0.25, 0.3) is 0 Å². The Morgan fingerprint density at radius 1 is 0.667 bits per heavy atom. The minimum Gasteiger partial charge on any atom is -0.394 e. The van der Waals surface area contributed by atoms with Crippen molar-refractivity contribution in [2.45, 2.75) is 39.1 Å². The Bertz CT molecular complexity index is 208. The average molecular weight is 356 g/mol. The molecule has 8 nitrogen and oxygen atoms in total. The van der Waals surface area contributed by atoms with Crippen LogP contribution in [0.4, 0.5) is 0 Å². The van der Waals surface area contributed by atoms with Crippen molar-refractivity contribution < 1.29 is 39.0 Å². The third-order valence-electron chi connectivity index (χ3n) is 2.73. The van der Waals surface area contributed by atoms with Gasteiger partial charge < -0.3 is 39.0 Å². The van der Waals surface area contributed by atoms with Crippen LogP contribution in [0.1, 0.15) is 20.8 Å². The van der Waals surface area contributed by atoms with E-state index in [9.17, 15) is 0 Å². The van der Waals surface area contributed by atoms with E-state index in [-0.39, 0.29) is 38.1 Å². The van der Waals surface area contributed by atoms with Gasteiger partial charge in [0.15, 0.2) is 0 Å². The van der Waals surface area contributed by atoms with Crippen molar-refractivity contribution in [2.75, 3.05) is 66.6 Å². The fraction of sp³-hybridized carbons (Fsp3) is 1.00. The Morgan fingerprint density at radius 3 is 1.54 bits per heavy atom. The fourth-order valence-corrected chi connectivity index (χ4v) is 1.22. The zero-order valence-corrected chi connectivity index (χ0v) is 15.5. The Kier molecular flexibility index (Phi) is 22.4. The van der Waals surface area contributed by atoms with Crippen LogP contribution in [0, 0.1) is 0 Å². The summed E-state index contributed by atoms with van der Waals surface area (Å²) in [6, 6.07) is 0. The Morgan fingerprint density at radius 2 is 1.12 bits per heavy atom. The first-order valence-corrected chi connectivity index (χ1v) is 8.25. The van der Waals surface area contributed by atoms with Gasteiger partial charge in [-0.3, -0.25) is 0 Å². The highest BCUT2D eigenvalue weighted by Crippen LogP contribution is 1.98. The first kappa shape index (κ1) is 25.9. The molecule has 0 rings (SSSR count). The lowest BCUT2D eigenvalue weighted by Gasteiger charge is -2.18. The highest BCUT2D eigenvalue weighted by molar-refractivity contribution is 4.53. The molecule has 0 amide bonds. The van der Waals surface area contributed by atoms with Gasteiger partial charge in [-0.15, -0.1) is 0 Å². The second kappa shape index (κ2) is 20.7. The van der Waals surface area contributed by atoms with Crippen molar-refractivity contribution in [3.8, 4) is 0 Å². The lowest BCUT2D eigenvalue weighted by atomic mass is 10.4. The lowest BCUT2D eigenvalue weighted by molar-refractivity contribution is -0.0677. The minimum absolute atomic E-state index is 0.0293. The van der Waals surface area contributed by atoms with Crippen LogP contribution in [-0.4, -0.2) is 100 Å². The summed E-state index contributed by atoms with van der Waals surface area (Å²) < 4.78 is 25.5. The van der Waals surface area contributed by atoms with Crippen molar-refractivity contribution in [2.24, 2.45) is 0 Å². The van der Waals surface area contributed by atoms with Gasteiger partial charge in [0.1, 0.15) is 0 Å². The van der Waals surface area contributed by atoms with Gasteiger partial charge in [0.25, 0.3) is 0 Å². The molecule has 0 spiro atoms. The molecule has 0 aromatic heterocycles. The lowest BCUT2D eigenvalue weighted by Crippen LogP contribution is -2.25. The van der Waals surface area contributed by atoms with Crippen molar-refractivity contribution in [3.05, 3.63) is 0 Å². The third-order valence-corrected chi connectivity index (χ3v) is 2.73. The van der Waals surface area contributed by atoms with E-state index in [1.807, 2.05) is 20.8 Å². The predicted molar refractivity (Wildman–Crippen MR) is 90.2 cm³/mol. The fourth-order valence-electron chi connectivity index (χ4n) is 1.22. The van der Waals surface area contributed by atoms with Gasteiger partial charge in [-0.1, -0.05) is 0 Å². The molecular weight excluding hydrogens is 320 g/mol. The maximum absolute atomic E-state index is 8.72. The van der Waals surface area contributed by atoms with Gasteiger partial charge in [-0.25, -0.2) is 0 Å². The van der Waals surface area contributed by atoms with Crippen LogP contribution in [0.5, 0.6) is 0 Å². The highest BCUT2D eigenvalue weighted by atomic mass is 16.6. The second-order valence-corrected chi connectivity index (χ2v) is 5.19. The number of hydrogen-bond acceptors (Lipinski definition) is 8. The van der Waals surface area contributed by atoms with Crippen LogP contribution in [0.15, 0.2) is 0 Å². The van der Waals surface area contributed by atoms with Gasteiger partial charge >= 0.3 is 0 Å². The maximum Gasteiger partial charge on any atom is 0.0781 e. The topological polar surface area (TPSA) is 107 Å². The standard InChI is InChI=1S/C10H22O4.C6H14O4/c1-8(5-11)13-7-10(3)14-6-9(2)12-4;7-1-3-9-5-6-10-4-2-8/h8-11H,5-7H2,1-4H3;7-8H,1-6H2. The summed E-state index contributed by atoms with van der Waals surface area (Å²) in [5, 5.41) is 25.2. The highest BCUT2D eigenvalue weighted by Gasteiger charge is 2.08. The van der Waals surface area contributed by atoms with Crippen LogP contribution < -0.4 is 0 Å². The van der Waals surface area contributed by atoms with Crippen molar-refractivity contribution in [3.63, 3.8) is 0 Å². The normalized spacial score (nSPS) is 14.6. The average Bonchev–Trinajstić information content (AvgIpc) is 2.60. The summed E-state index contributed by atoms with van der Waals surface area (Å²) in [7, 11) is 1.66. The summed E-state index contributed by atoms with van der Waals surface area (Å²) >= 11 is 0. The van der Waals surface area contributed by atoms with Gasteiger partial charge in [0, 0.05) is 7.11 Å². The number of ether oxygens (including phenoxy) is 5. The Balaban J connectivity index is 0. The molecule has 0 aliphatic carbocycles. The number of aliphatic hydroxyl groups is 3. The maximum atomic E-state index is 8.72. The van der Waals surface area contributed by atoms with E-state index in [2.05, 4.69) is 0 Å². The molecule has 3 unspecified atom stereocenters. The van der Waals surface area contributed by atoms with E-state index in [4.69, 9.17) is 39.0 Å². The first-order chi connectivity index (χ1) is 11.5. The largest absolute Gasteiger partial charge is 0.394 e. The van der Waals surface area contributed by atoms with Crippen molar-refractivity contribution in [1.82, 2.24) is 0 Å². The molecule has 0 bridgehead atoms. The minimum atomic E-state index is -0.124. The van der Waals surface area contributed by atoms with E-state index in [0.717, 1.165) is 0 Å². The van der Waals surface area contributed by atoms with E-state index < -0.39 is 0 Å². The molecule has 0 heterocycles. The number of methoxy groups -OCH3 is 1. The summed E-state index contributed by atoms with van der Waals surface area (Å²) in [5.41, 5.74) is 0. The molecule has 3 N–H and O–H groups in total. The summed E-state index contributed by atoms with van der Waals surface area (Å²) in [6.45, 7) is 8.54. The van der Waals surface area contributed by atoms with E-state index >= 15 is 0 Å². The van der Waals surface area contributed by atoms with E-state index in [1.54, 1.807) is 7.11 Å². The van der Waals surface area contributed by atoms with Crippen LogP contribution in [-0.2, 0) is 23.7 Å². The monoisotopic (exact) mass is 356 g/mol. The van der Waals surface area contributed by atoms with Crippen molar-refractivity contribution in [1.29, 1.82) is 0 Å². The van der Waals surface area contributed by atoms with E-state index in [1.165, 1.54) is 0 Å². The van der Waals surface area contributed by atoms with Gasteiger partial charge in [-0.2, -0.15) is 0 Å². The molecule has 0 fully saturated rings. The number of rotatable bonds is 15. The molecule has 148 valence electrons. The molecule has 0 aliphatic heterocycles. The molecule has 0 saturated carbocycles. The summed E-state index contributed by atoms with van der Waals surface area (Å²) in [4.78, 5) is 0. The summed E-state index contributed by atoms with van der Waals surface area (Å²) in [5.74, 6) is 0. The van der Waals surface area contributed by atoms with Crippen molar-refractivity contribution >= 4 is 0 Å². The first-order valence-electron chi connectivity index (χ1n) is 8.25. The number of aliphatic hydroxyl groups excluding tert-OH is 3. The molecule has 0 radical (unpaired) electrons. The smallest absolute Gasteiger partial charge is 0.0781 e. The second-order valence-electron chi connectivity index (χ2n) is 5.19. The Labute approximate surface area is 145 Å². The molecule has 0 aromatic rings. The molecule has 0 aromatic carbocycles. The molecule has 8 heteroatoms. The zero-order chi connectivity index (χ0) is 18.6. The number of hydrogen-bond donors (Lipinski definition) is 3. The SMILES string of the molecule is COC(C)COC(C)COC(C)CO.OCCOCCOCCO. The molecule has 0 aliphatic rings. The van der Waals surface area contributed by atoms with Gasteiger partial charge in [-0.05, 0) is 20.8 Å². The summed E-state index contributed by atoms with van der Waals surface area (Å²) in [6.07, 6.45) is 0.00946. The predicted octanol–water partition coefficient (Wildman–Crippen LogP) is -0.172.